The van der Waals surface area contributed by atoms with Gasteiger partial charge in [0.2, 0.25) is 0 Å². The lowest BCUT2D eigenvalue weighted by Crippen LogP contribution is -2.30. The highest BCUT2D eigenvalue weighted by Gasteiger charge is 2.44. The zero-order valence-electron chi connectivity index (χ0n) is 12.9. The standard InChI is InChI=1S/C19H17NO4/c21-18(22)15-9-17(15)20-19(23)24-10-16-13-7-3-1-5-11(13)12-6-2-4-8-14(12)16/h1-8,15-17H,9-10H2,(H,20,23)(H,21,22)/t15-,17-/m0/s1. The Labute approximate surface area is 139 Å². The molecule has 5 nitrogen and oxygen atoms in total. The fourth-order valence-corrected chi connectivity index (χ4v) is 3.42. The maximum Gasteiger partial charge on any atom is 0.407 e. The zero-order chi connectivity index (χ0) is 16.7. The molecule has 0 heterocycles. The molecular formula is C19H17NO4. The molecule has 0 aliphatic heterocycles. The summed E-state index contributed by atoms with van der Waals surface area (Å²) in [7, 11) is 0. The van der Waals surface area contributed by atoms with Crippen LogP contribution in [0.3, 0.4) is 0 Å². The van der Waals surface area contributed by atoms with Crippen molar-refractivity contribution in [3.8, 4) is 11.1 Å². The lowest BCUT2D eigenvalue weighted by Gasteiger charge is -2.14. The van der Waals surface area contributed by atoms with E-state index in [2.05, 4.69) is 29.6 Å². The molecule has 0 radical (unpaired) electrons. The minimum Gasteiger partial charge on any atom is -0.481 e. The van der Waals surface area contributed by atoms with Crippen molar-refractivity contribution in [2.24, 2.45) is 5.92 Å². The quantitative estimate of drug-likeness (QED) is 0.907. The van der Waals surface area contributed by atoms with Gasteiger partial charge >= 0.3 is 12.1 Å². The van der Waals surface area contributed by atoms with Crippen molar-refractivity contribution in [1.82, 2.24) is 5.32 Å². The van der Waals surface area contributed by atoms with E-state index >= 15 is 0 Å². The average molecular weight is 323 g/mol. The number of amides is 1. The average Bonchev–Trinajstić information content (AvgIpc) is 3.28. The molecule has 2 aliphatic carbocycles. The Morgan fingerprint density at radius 2 is 1.62 bits per heavy atom. The van der Waals surface area contributed by atoms with Gasteiger partial charge in [0, 0.05) is 12.0 Å². The first-order valence-electron chi connectivity index (χ1n) is 7.99. The highest BCUT2D eigenvalue weighted by Crippen LogP contribution is 2.44. The highest BCUT2D eigenvalue weighted by molar-refractivity contribution is 5.79. The molecule has 4 rings (SSSR count). The summed E-state index contributed by atoms with van der Waals surface area (Å²) in [6.07, 6.45) is -0.0786. The Hall–Kier alpha value is -2.82. The molecule has 122 valence electrons. The first kappa shape index (κ1) is 14.8. The number of fused-ring (bicyclic) bond motifs is 3. The fourth-order valence-electron chi connectivity index (χ4n) is 3.42. The second-order valence-corrected chi connectivity index (χ2v) is 6.26. The van der Waals surface area contributed by atoms with Gasteiger partial charge in [-0.05, 0) is 28.7 Å². The number of aliphatic carboxylic acids is 1. The van der Waals surface area contributed by atoms with Crippen LogP contribution in [0, 0.1) is 5.92 Å². The van der Waals surface area contributed by atoms with Crippen LogP contribution in [0.5, 0.6) is 0 Å². The van der Waals surface area contributed by atoms with Gasteiger partial charge in [0.1, 0.15) is 6.61 Å². The molecule has 1 amide bonds. The molecule has 2 aliphatic rings. The predicted octanol–water partition coefficient (Wildman–Crippen LogP) is 3.00. The summed E-state index contributed by atoms with van der Waals surface area (Å²) in [5, 5.41) is 11.5. The lowest BCUT2D eigenvalue weighted by atomic mass is 9.98. The zero-order valence-corrected chi connectivity index (χ0v) is 12.9. The van der Waals surface area contributed by atoms with Crippen molar-refractivity contribution in [2.75, 3.05) is 6.61 Å². The minimum atomic E-state index is -0.876. The van der Waals surface area contributed by atoms with E-state index in [1.54, 1.807) is 0 Å². The van der Waals surface area contributed by atoms with Crippen LogP contribution >= 0.6 is 0 Å². The number of nitrogens with one attached hydrogen (secondary N) is 1. The molecule has 0 unspecified atom stereocenters. The normalized spacial score (nSPS) is 20.8. The van der Waals surface area contributed by atoms with Crippen LogP contribution in [-0.4, -0.2) is 29.8 Å². The number of ether oxygens (including phenoxy) is 1. The molecule has 2 atom stereocenters. The molecule has 1 fully saturated rings. The smallest absolute Gasteiger partial charge is 0.407 e. The highest BCUT2D eigenvalue weighted by atomic mass is 16.5. The van der Waals surface area contributed by atoms with Crippen molar-refractivity contribution >= 4 is 12.1 Å². The van der Waals surface area contributed by atoms with Crippen LogP contribution in [0.1, 0.15) is 23.5 Å². The number of carbonyl (C=O) groups is 2. The number of carbonyl (C=O) groups excluding carboxylic acids is 1. The second kappa shape index (κ2) is 5.67. The Balaban J connectivity index is 1.45. The topological polar surface area (TPSA) is 75.6 Å². The van der Waals surface area contributed by atoms with Crippen molar-refractivity contribution in [3.63, 3.8) is 0 Å². The third-order valence-corrected chi connectivity index (χ3v) is 4.75. The van der Waals surface area contributed by atoms with E-state index in [0.29, 0.717) is 6.42 Å². The van der Waals surface area contributed by atoms with Gasteiger partial charge in [0.05, 0.1) is 5.92 Å². The van der Waals surface area contributed by atoms with Crippen LogP contribution in [0.25, 0.3) is 11.1 Å². The number of benzene rings is 2. The number of rotatable bonds is 4. The summed E-state index contributed by atoms with van der Waals surface area (Å²) in [4.78, 5) is 22.7. The number of hydrogen-bond donors (Lipinski definition) is 2. The molecule has 1 saturated carbocycles. The largest absolute Gasteiger partial charge is 0.481 e. The lowest BCUT2D eigenvalue weighted by molar-refractivity contribution is -0.138. The Kier molecular flexibility index (Phi) is 3.49. The molecule has 24 heavy (non-hydrogen) atoms. The molecule has 0 bridgehead atoms. The van der Waals surface area contributed by atoms with Crippen molar-refractivity contribution < 1.29 is 19.4 Å². The van der Waals surface area contributed by atoms with Crippen LogP contribution in [0.4, 0.5) is 4.79 Å². The molecule has 2 aromatic rings. The van der Waals surface area contributed by atoms with E-state index in [4.69, 9.17) is 9.84 Å². The Morgan fingerprint density at radius 3 is 2.17 bits per heavy atom. The van der Waals surface area contributed by atoms with Gasteiger partial charge in [-0.1, -0.05) is 48.5 Å². The summed E-state index contributed by atoms with van der Waals surface area (Å²) in [5.74, 6) is -1.35. The molecule has 5 heteroatoms. The first-order chi connectivity index (χ1) is 11.6. The van der Waals surface area contributed by atoms with Crippen LogP contribution in [-0.2, 0) is 9.53 Å². The van der Waals surface area contributed by atoms with Crippen molar-refractivity contribution in [1.29, 1.82) is 0 Å². The summed E-state index contributed by atoms with van der Waals surface area (Å²) in [5.41, 5.74) is 4.66. The second-order valence-electron chi connectivity index (χ2n) is 6.26. The van der Waals surface area contributed by atoms with E-state index in [1.807, 2.05) is 24.3 Å². The number of carboxylic acid groups (broad SMARTS) is 1. The SMILES string of the molecule is O=C(N[C@H]1C[C@@H]1C(=O)O)OCC1c2ccccc2-c2ccccc21. The van der Waals surface area contributed by atoms with E-state index in [9.17, 15) is 9.59 Å². The molecule has 2 aromatic carbocycles. The Bertz CT molecular complexity index is 771. The molecule has 0 aromatic heterocycles. The summed E-state index contributed by atoms with van der Waals surface area (Å²) in [6.45, 7) is 0.240. The maximum absolute atomic E-state index is 11.9. The third-order valence-electron chi connectivity index (χ3n) is 4.75. The Morgan fingerprint density at radius 1 is 1.04 bits per heavy atom. The molecule has 0 saturated heterocycles. The van der Waals surface area contributed by atoms with Crippen LogP contribution < -0.4 is 5.32 Å². The van der Waals surface area contributed by atoms with E-state index in [1.165, 1.54) is 11.1 Å². The van der Waals surface area contributed by atoms with Gasteiger partial charge in [-0.2, -0.15) is 0 Å². The van der Waals surface area contributed by atoms with Gasteiger partial charge in [-0.15, -0.1) is 0 Å². The van der Waals surface area contributed by atoms with Crippen LogP contribution in [0.15, 0.2) is 48.5 Å². The van der Waals surface area contributed by atoms with Crippen molar-refractivity contribution in [3.05, 3.63) is 59.7 Å². The summed E-state index contributed by atoms with van der Waals surface area (Å²) >= 11 is 0. The van der Waals surface area contributed by atoms with Crippen LogP contribution in [0.2, 0.25) is 0 Å². The van der Waals surface area contributed by atoms with Gasteiger partial charge in [0.25, 0.3) is 0 Å². The number of alkyl carbamates (subject to hydrolysis) is 1. The van der Waals surface area contributed by atoms with E-state index in [0.717, 1.165) is 11.1 Å². The maximum atomic E-state index is 11.9. The molecule has 2 N–H and O–H groups in total. The predicted molar refractivity (Wildman–Crippen MR) is 87.7 cm³/mol. The van der Waals surface area contributed by atoms with Gasteiger partial charge < -0.3 is 15.2 Å². The van der Waals surface area contributed by atoms with Crippen molar-refractivity contribution in [2.45, 2.75) is 18.4 Å². The van der Waals surface area contributed by atoms with E-state index in [-0.39, 0.29) is 18.6 Å². The summed E-state index contributed by atoms with van der Waals surface area (Å²) < 4.78 is 5.38. The first-order valence-corrected chi connectivity index (χ1v) is 7.99. The number of carboxylic acids is 1. The molecule has 0 spiro atoms. The molecular weight excluding hydrogens is 306 g/mol. The summed E-state index contributed by atoms with van der Waals surface area (Å²) in [6, 6.07) is 15.9. The van der Waals surface area contributed by atoms with Gasteiger partial charge in [-0.3, -0.25) is 4.79 Å². The van der Waals surface area contributed by atoms with Gasteiger partial charge in [0.15, 0.2) is 0 Å². The van der Waals surface area contributed by atoms with E-state index < -0.39 is 18.0 Å². The monoisotopic (exact) mass is 323 g/mol. The minimum absolute atomic E-state index is 0.0117. The third kappa shape index (κ3) is 2.52. The fraction of sp³-hybridized carbons (Fsp3) is 0.263. The number of hydrogen-bond acceptors (Lipinski definition) is 3. The van der Waals surface area contributed by atoms with Gasteiger partial charge in [-0.25, -0.2) is 4.79 Å².